The van der Waals surface area contributed by atoms with Crippen LogP contribution in [0.5, 0.6) is 0 Å². The summed E-state index contributed by atoms with van der Waals surface area (Å²) in [6.07, 6.45) is 0. The van der Waals surface area contributed by atoms with E-state index in [0.29, 0.717) is 5.13 Å². The third-order valence-corrected chi connectivity index (χ3v) is 2.62. The van der Waals surface area contributed by atoms with Gasteiger partial charge in [-0.25, -0.2) is 9.78 Å². The predicted molar refractivity (Wildman–Crippen MR) is 69.2 cm³/mol. The molecule has 1 aromatic carbocycles. The van der Waals surface area contributed by atoms with Gasteiger partial charge in [0.25, 0.3) is 0 Å². The number of nitrogens with zero attached hydrogens (tertiary/aromatic N) is 1. The molecular formula is C10H9BrN2O2S. The van der Waals surface area contributed by atoms with Crippen molar-refractivity contribution in [3.8, 4) is 11.3 Å². The largest absolute Gasteiger partial charge is 0.478 e. The Morgan fingerprint density at radius 3 is 2.38 bits per heavy atom. The summed E-state index contributed by atoms with van der Waals surface area (Å²) < 4.78 is 0. The zero-order valence-corrected chi connectivity index (χ0v) is 10.6. The fraction of sp³-hybridized carbons (Fsp3) is 0. The Morgan fingerprint density at radius 2 is 1.94 bits per heavy atom. The van der Waals surface area contributed by atoms with Crippen molar-refractivity contribution < 1.29 is 9.90 Å². The summed E-state index contributed by atoms with van der Waals surface area (Å²) in [5.41, 5.74) is 7.41. The monoisotopic (exact) mass is 300 g/mol. The molecule has 0 spiro atoms. The Morgan fingerprint density at radius 1 is 1.31 bits per heavy atom. The van der Waals surface area contributed by atoms with Crippen molar-refractivity contribution in [1.29, 1.82) is 0 Å². The summed E-state index contributed by atoms with van der Waals surface area (Å²) in [5.74, 6) is -0.931. The number of anilines is 1. The number of thiazole rings is 1. The molecule has 0 bridgehead atoms. The van der Waals surface area contributed by atoms with Crippen LogP contribution < -0.4 is 5.73 Å². The highest BCUT2D eigenvalue weighted by atomic mass is 79.9. The normalized spacial score (nSPS) is 9.50. The number of carboxylic acids is 1. The van der Waals surface area contributed by atoms with Gasteiger partial charge in [-0.05, 0) is 12.1 Å². The second-order valence-corrected chi connectivity index (χ2v) is 3.84. The fourth-order valence-electron chi connectivity index (χ4n) is 1.20. The molecule has 1 heterocycles. The number of halogens is 1. The molecule has 0 saturated heterocycles. The van der Waals surface area contributed by atoms with Gasteiger partial charge in [0.1, 0.15) is 0 Å². The van der Waals surface area contributed by atoms with Gasteiger partial charge in [-0.15, -0.1) is 28.3 Å². The average Bonchev–Trinajstić information content (AvgIpc) is 2.65. The van der Waals surface area contributed by atoms with E-state index in [1.807, 2.05) is 5.38 Å². The molecule has 0 aliphatic rings. The van der Waals surface area contributed by atoms with E-state index in [1.165, 1.54) is 11.3 Å². The molecule has 0 fully saturated rings. The number of carbonyl (C=O) groups is 1. The minimum absolute atomic E-state index is 0. The molecule has 2 aromatic rings. The molecular weight excluding hydrogens is 292 g/mol. The summed E-state index contributed by atoms with van der Waals surface area (Å²) in [6, 6.07) is 6.54. The van der Waals surface area contributed by atoms with Gasteiger partial charge in [-0.3, -0.25) is 0 Å². The molecule has 0 radical (unpaired) electrons. The highest BCUT2D eigenvalue weighted by molar-refractivity contribution is 8.93. The zero-order chi connectivity index (χ0) is 10.8. The molecule has 6 heteroatoms. The lowest BCUT2D eigenvalue weighted by atomic mass is 10.1. The van der Waals surface area contributed by atoms with E-state index in [-0.39, 0.29) is 22.5 Å². The smallest absolute Gasteiger partial charge is 0.335 e. The Bertz CT molecular complexity index is 496. The van der Waals surface area contributed by atoms with Crippen LogP contribution in [0, 0.1) is 0 Å². The highest BCUT2D eigenvalue weighted by Crippen LogP contribution is 2.23. The number of hydrogen-bond acceptors (Lipinski definition) is 4. The Kier molecular flexibility index (Phi) is 4.03. The molecule has 0 atom stereocenters. The maximum Gasteiger partial charge on any atom is 0.335 e. The minimum atomic E-state index is -0.931. The van der Waals surface area contributed by atoms with Gasteiger partial charge in [0.05, 0.1) is 11.3 Å². The lowest BCUT2D eigenvalue weighted by molar-refractivity contribution is 0.0697. The van der Waals surface area contributed by atoms with E-state index in [2.05, 4.69) is 4.98 Å². The standard InChI is InChI=1S/C10H8N2O2S.BrH/c11-10-12-8(5-15-10)6-1-3-7(4-2-6)9(13)14;/h1-5H,(H2,11,12)(H,13,14);1H. The van der Waals surface area contributed by atoms with Gasteiger partial charge in [0.15, 0.2) is 5.13 Å². The number of nitrogens with two attached hydrogens (primary N) is 1. The molecule has 16 heavy (non-hydrogen) atoms. The van der Waals surface area contributed by atoms with Gasteiger partial charge in [-0.1, -0.05) is 12.1 Å². The number of carboxylic acid groups (broad SMARTS) is 1. The van der Waals surface area contributed by atoms with Crippen molar-refractivity contribution in [2.75, 3.05) is 5.73 Å². The second-order valence-electron chi connectivity index (χ2n) is 2.95. The second kappa shape index (κ2) is 5.09. The van der Waals surface area contributed by atoms with Crippen molar-refractivity contribution in [2.24, 2.45) is 0 Å². The molecule has 0 aliphatic heterocycles. The van der Waals surface area contributed by atoms with Crippen molar-refractivity contribution >= 4 is 39.4 Å². The number of aromatic carboxylic acids is 1. The van der Waals surface area contributed by atoms with E-state index in [1.54, 1.807) is 24.3 Å². The summed E-state index contributed by atoms with van der Waals surface area (Å²) in [5, 5.41) is 11.1. The summed E-state index contributed by atoms with van der Waals surface area (Å²) in [6.45, 7) is 0. The van der Waals surface area contributed by atoms with Crippen LogP contribution in [0.25, 0.3) is 11.3 Å². The Balaban J connectivity index is 0.00000128. The number of benzene rings is 1. The van der Waals surface area contributed by atoms with E-state index in [4.69, 9.17) is 10.8 Å². The number of nitrogen functional groups attached to an aromatic ring is 1. The zero-order valence-electron chi connectivity index (χ0n) is 8.08. The molecule has 0 amide bonds. The number of aromatic nitrogens is 1. The van der Waals surface area contributed by atoms with E-state index < -0.39 is 5.97 Å². The predicted octanol–water partition coefficient (Wildman–Crippen LogP) is 2.67. The molecule has 3 N–H and O–H groups in total. The van der Waals surface area contributed by atoms with Crippen molar-refractivity contribution in [2.45, 2.75) is 0 Å². The summed E-state index contributed by atoms with van der Waals surface area (Å²) in [4.78, 5) is 14.7. The highest BCUT2D eigenvalue weighted by Gasteiger charge is 2.05. The summed E-state index contributed by atoms with van der Waals surface area (Å²) >= 11 is 1.36. The molecule has 0 saturated carbocycles. The molecule has 0 unspecified atom stereocenters. The van der Waals surface area contributed by atoms with Gasteiger partial charge >= 0.3 is 5.97 Å². The van der Waals surface area contributed by atoms with Crippen LogP contribution in [-0.4, -0.2) is 16.1 Å². The van der Waals surface area contributed by atoms with Gasteiger partial charge in [0, 0.05) is 10.9 Å². The number of rotatable bonds is 2. The van der Waals surface area contributed by atoms with Crippen LogP contribution >= 0.6 is 28.3 Å². The first kappa shape index (κ1) is 12.7. The molecule has 2 rings (SSSR count). The van der Waals surface area contributed by atoms with E-state index >= 15 is 0 Å². The summed E-state index contributed by atoms with van der Waals surface area (Å²) in [7, 11) is 0. The SMILES string of the molecule is Br.Nc1nc(-c2ccc(C(=O)O)cc2)cs1. The van der Waals surface area contributed by atoms with Gasteiger partial charge in [0.2, 0.25) is 0 Å². The lowest BCUT2D eigenvalue weighted by Crippen LogP contribution is -1.95. The third kappa shape index (κ3) is 2.59. The first-order chi connectivity index (χ1) is 7.16. The fourth-order valence-corrected chi connectivity index (χ4v) is 1.78. The molecule has 84 valence electrons. The first-order valence-corrected chi connectivity index (χ1v) is 5.09. The molecule has 1 aromatic heterocycles. The van der Waals surface area contributed by atoms with Crippen LogP contribution in [0.15, 0.2) is 29.6 Å². The maximum atomic E-state index is 10.6. The van der Waals surface area contributed by atoms with Crippen LogP contribution in [0.4, 0.5) is 5.13 Å². The average molecular weight is 301 g/mol. The Hall–Kier alpha value is -1.40. The van der Waals surface area contributed by atoms with Crippen molar-refractivity contribution in [1.82, 2.24) is 4.98 Å². The topological polar surface area (TPSA) is 76.2 Å². The van der Waals surface area contributed by atoms with Crippen molar-refractivity contribution in [3.05, 3.63) is 35.2 Å². The molecule has 4 nitrogen and oxygen atoms in total. The first-order valence-electron chi connectivity index (χ1n) is 4.21. The van der Waals surface area contributed by atoms with Crippen LogP contribution in [0.3, 0.4) is 0 Å². The Labute approximate surface area is 107 Å². The van der Waals surface area contributed by atoms with Crippen LogP contribution in [0.2, 0.25) is 0 Å². The van der Waals surface area contributed by atoms with Crippen LogP contribution in [0.1, 0.15) is 10.4 Å². The lowest BCUT2D eigenvalue weighted by Gasteiger charge is -1.97. The quantitative estimate of drug-likeness (QED) is 0.894. The van der Waals surface area contributed by atoms with E-state index in [9.17, 15) is 4.79 Å². The van der Waals surface area contributed by atoms with Crippen LogP contribution in [-0.2, 0) is 0 Å². The minimum Gasteiger partial charge on any atom is -0.478 e. The van der Waals surface area contributed by atoms with Gasteiger partial charge < -0.3 is 10.8 Å². The molecule has 0 aliphatic carbocycles. The maximum absolute atomic E-state index is 10.6. The van der Waals surface area contributed by atoms with Crippen molar-refractivity contribution in [3.63, 3.8) is 0 Å². The van der Waals surface area contributed by atoms with E-state index in [0.717, 1.165) is 11.3 Å². The number of hydrogen-bond donors (Lipinski definition) is 2. The van der Waals surface area contributed by atoms with Gasteiger partial charge in [-0.2, -0.15) is 0 Å². The third-order valence-electron chi connectivity index (χ3n) is 1.95.